The van der Waals surface area contributed by atoms with Gasteiger partial charge in [-0.3, -0.25) is 9.59 Å². The van der Waals surface area contributed by atoms with E-state index in [2.05, 4.69) is 34.9 Å². The molecule has 3 atom stereocenters. The number of benzene rings is 2. The molecule has 0 saturated heterocycles. The molecule has 2 amide bonds. The van der Waals surface area contributed by atoms with Crippen LogP contribution in [0.15, 0.2) is 48.5 Å². The number of amides is 2. The Morgan fingerprint density at radius 3 is 2.06 bits per heavy atom. The second kappa shape index (κ2) is 10.3. The zero-order chi connectivity index (χ0) is 23.3. The summed E-state index contributed by atoms with van der Waals surface area (Å²) in [5.41, 5.74) is 4.58. The maximum atomic E-state index is 12.5. The SMILES string of the molecule is CC[C@H](CC(=O)NC(C)C(C)C(=O)O)NC(=O)OCC1c2ccccc2-c2ccccc21. The second-order valence-electron chi connectivity index (χ2n) is 8.26. The number of hydrogen-bond acceptors (Lipinski definition) is 4. The Morgan fingerprint density at radius 1 is 0.969 bits per heavy atom. The summed E-state index contributed by atoms with van der Waals surface area (Å²) in [4.78, 5) is 35.8. The molecule has 170 valence electrons. The zero-order valence-corrected chi connectivity index (χ0v) is 18.6. The van der Waals surface area contributed by atoms with Crippen molar-refractivity contribution in [2.75, 3.05) is 6.61 Å². The minimum Gasteiger partial charge on any atom is -0.481 e. The van der Waals surface area contributed by atoms with Gasteiger partial charge in [-0.15, -0.1) is 0 Å². The van der Waals surface area contributed by atoms with E-state index in [1.54, 1.807) is 13.8 Å². The zero-order valence-electron chi connectivity index (χ0n) is 18.6. The van der Waals surface area contributed by atoms with E-state index in [0.717, 1.165) is 22.3 Å². The van der Waals surface area contributed by atoms with E-state index in [4.69, 9.17) is 9.84 Å². The summed E-state index contributed by atoms with van der Waals surface area (Å²) in [5, 5.41) is 14.5. The van der Waals surface area contributed by atoms with E-state index in [0.29, 0.717) is 6.42 Å². The number of rotatable bonds is 9. The van der Waals surface area contributed by atoms with Gasteiger partial charge >= 0.3 is 12.1 Å². The van der Waals surface area contributed by atoms with Gasteiger partial charge in [0, 0.05) is 24.4 Å². The lowest BCUT2D eigenvalue weighted by molar-refractivity contribution is -0.142. The third-order valence-corrected chi connectivity index (χ3v) is 6.12. The van der Waals surface area contributed by atoms with Crippen LogP contribution in [-0.4, -0.2) is 41.8 Å². The molecule has 0 aliphatic heterocycles. The van der Waals surface area contributed by atoms with Crippen LogP contribution in [0.4, 0.5) is 4.79 Å². The molecule has 1 aliphatic rings. The molecule has 1 aliphatic carbocycles. The van der Waals surface area contributed by atoms with Crippen LogP contribution in [0.5, 0.6) is 0 Å². The van der Waals surface area contributed by atoms with Gasteiger partial charge in [0.2, 0.25) is 5.91 Å². The molecule has 2 aromatic carbocycles. The molecule has 7 nitrogen and oxygen atoms in total. The minimum absolute atomic E-state index is 0.0325. The molecule has 0 spiro atoms. The Morgan fingerprint density at radius 2 is 1.53 bits per heavy atom. The van der Waals surface area contributed by atoms with E-state index in [-0.39, 0.29) is 24.9 Å². The number of carbonyl (C=O) groups excluding carboxylic acids is 2. The molecule has 0 aromatic heterocycles. The van der Waals surface area contributed by atoms with Crippen molar-refractivity contribution >= 4 is 18.0 Å². The lowest BCUT2D eigenvalue weighted by Crippen LogP contribution is -2.44. The number of fused-ring (bicyclic) bond motifs is 3. The summed E-state index contributed by atoms with van der Waals surface area (Å²) in [6, 6.07) is 15.3. The van der Waals surface area contributed by atoms with Crippen molar-refractivity contribution in [3.05, 3.63) is 59.7 Å². The van der Waals surface area contributed by atoms with Crippen LogP contribution in [0.1, 0.15) is 50.7 Å². The summed E-state index contributed by atoms with van der Waals surface area (Å²) in [7, 11) is 0. The van der Waals surface area contributed by atoms with Crippen molar-refractivity contribution in [2.45, 2.75) is 51.6 Å². The first kappa shape index (κ1) is 23.3. The van der Waals surface area contributed by atoms with E-state index >= 15 is 0 Å². The Balaban J connectivity index is 1.55. The molecular weight excluding hydrogens is 408 g/mol. The highest BCUT2D eigenvalue weighted by atomic mass is 16.5. The Labute approximate surface area is 188 Å². The predicted octanol–water partition coefficient (Wildman–Crippen LogP) is 3.92. The molecule has 2 aromatic rings. The van der Waals surface area contributed by atoms with Crippen molar-refractivity contribution in [3.63, 3.8) is 0 Å². The van der Waals surface area contributed by atoms with Crippen LogP contribution in [0.2, 0.25) is 0 Å². The van der Waals surface area contributed by atoms with Gasteiger partial charge < -0.3 is 20.5 Å². The van der Waals surface area contributed by atoms with Gasteiger partial charge in [-0.1, -0.05) is 55.5 Å². The number of carboxylic acid groups (broad SMARTS) is 1. The van der Waals surface area contributed by atoms with Crippen LogP contribution >= 0.6 is 0 Å². The highest BCUT2D eigenvalue weighted by Gasteiger charge is 2.29. The topological polar surface area (TPSA) is 105 Å². The van der Waals surface area contributed by atoms with Gasteiger partial charge in [0.1, 0.15) is 6.61 Å². The third-order valence-electron chi connectivity index (χ3n) is 6.12. The average Bonchev–Trinajstić information content (AvgIpc) is 3.10. The van der Waals surface area contributed by atoms with Crippen LogP contribution in [-0.2, 0) is 14.3 Å². The van der Waals surface area contributed by atoms with Crippen LogP contribution in [0.25, 0.3) is 11.1 Å². The predicted molar refractivity (Wildman–Crippen MR) is 121 cm³/mol. The van der Waals surface area contributed by atoms with Crippen molar-refractivity contribution in [3.8, 4) is 11.1 Å². The van der Waals surface area contributed by atoms with Crippen LogP contribution in [0.3, 0.4) is 0 Å². The summed E-state index contributed by atoms with van der Waals surface area (Å²) in [6.07, 6.45) is 0.0242. The molecule has 3 N–H and O–H groups in total. The number of carboxylic acids is 1. The maximum absolute atomic E-state index is 12.5. The van der Waals surface area contributed by atoms with Crippen molar-refractivity contribution in [1.29, 1.82) is 0 Å². The molecule has 3 rings (SSSR count). The summed E-state index contributed by atoms with van der Waals surface area (Å²) >= 11 is 0. The lowest BCUT2D eigenvalue weighted by Gasteiger charge is -2.21. The van der Waals surface area contributed by atoms with E-state index in [1.165, 1.54) is 0 Å². The first-order valence-electron chi connectivity index (χ1n) is 11.0. The number of nitrogens with one attached hydrogen (secondary N) is 2. The molecule has 0 saturated carbocycles. The number of ether oxygens (including phenoxy) is 1. The first-order valence-corrected chi connectivity index (χ1v) is 11.0. The van der Waals surface area contributed by atoms with Crippen molar-refractivity contribution in [2.24, 2.45) is 5.92 Å². The molecule has 0 radical (unpaired) electrons. The number of alkyl carbamates (subject to hydrolysis) is 1. The van der Waals surface area contributed by atoms with Crippen LogP contribution in [0, 0.1) is 5.92 Å². The third kappa shape index (κ3) is 5.28. The monoisotopic (exact) mass is 438 g/mol. The number of carbonyl (C=O) groups is 3. The van der Waals surface area contributed by atoms with Crippen LogP contribution < -0.4 is 10.6 Å². The van der Waals surface area contributed by atoms with Gasteiger partial charge in [-0.2, -0.15) is 0 Å². The largest absolute Gasteiger partial charge is 0.481 e. The molecule has 2 unspecified atom stereocenters. The molecular formula is C25H30N2O5. The number of aliphatic carboxylic acids is 1. The fourth-order valence-corrected chi connectivity index (χ4v) is 3.98. The standard InChI is InChI=1S/C25H30N2O5/c1-4-17(13-23(28)26-16(3)15(2)24(29)30)27-25(31)32-14-22-20-11-7-5-9-18(20)19-10-6-8-12-21(19)22/h5-12,15-17,22H,4,13-14H2,1-3H3,(H,26,28)(H,27,31)(H,29,30)/t15?,16?,17-/m1/s1. The smallest absolute Gasteiger partial charge is 0.407 e. The van der Waals surface area contributed by atoms with Gasteiger partial charge in [-0.25, -0.2) is 4.79 Å². The average molecular weight is 439 g/mol. The maximum Gasteiger partial charge on any atom is 0.407 e. The molecule has 0 heterocycles. The highest BCUT2D eigenvalue weighted by Crippen LogP contribution is 2.44. The van der Waals surface area contributed by atoms with Gasteiger partial charge in [0.25, 0.3) is 0 Å². The lowest BCUT2D eigenvalue weighted by atomic mass is 9.98. The van der Waals surface area contributed by atoms with E-state index < -0.39 is 30.1 Å². The van der Waals surface area contributed by atoms with Gasteiger partial charge in [-0.05, 0) is 42.5 Å². The fraction of sp³-hybridized carbons (Fsp3) is 0.400. The minimum atomic E-state index is -0.971. The molecule has 0 fully saturated rings. The molecule has 7 heteroatoms. The van der Waals surface area contributed by atoms with Crippen molar-refractivity contribution in [1.82, 2.24) is 10.6 Å². The Hall–Kier alpha value is -3.35. The summed E-state index contributed by atoms with van der Waals surface area (Å²) in [5.74, 6) is -2.01. The van der Waals surface area contributed by atoms with Gasteiger partial charge in [0.15, 0.2) is 0 Å². The second-order valence-corrected chi connectivity index (χ2v) is 8.26. The quantitative estimate of drug-likeness (QED) is 0.550. The first-order chi connectivity index (χ1) is 15.3. The fourth-order valence-electron chi connectivity index (χ4n) is 3.98. The van der Waals surface area contributed by atoms with Crippen molar-refractivity contribution < 1.29 is 24.2 Å². The van der Waals surface area contributed by atoms with Gasteiger partial charge in [0.05, 0.1) is 5.92 Å². The van der Waals surface area contributed by atoms with E-state index in [1.807, 2.05) is 31.2 Å². The van der Waals surface area contributed by atoms with E-state index in [9.17, 15) is 14.4 Å². The summed E-state index contributed by atoms with van der Waals surface area (Å²) < 4.78 is 5.54. The Bertz CT molecular complexity index is 944. The molecule has 32 heavy (non-hydrogen) atoms. The number of hydrogen-bond donors (Lipinski definition) is 3. The molecule has 0 bridgehead atoms. The normalized spacial score (nSPS) is 15.1. The highest BCUT2D eigenvalue weighted by molar-refractivity contribution is 5.80. The Kier molecular flexibility index (Phi) is 7.51. The summed E-state index contributed by atoms with van der Waals surface area (Å²) in [6.45, 7) is 5.26.